The molecule has 1 aliphatic heterocycles. The van der Waals surface area contributed by atoms with Crippen LogP contribution in [0.15, 0.2) is 41.7 Å². The normalized spacial score (nSPS) is 17.9. The Kier molecular flexibility index (Phi) is 4.31. The number of amides is 2. The minimum absolute atomic E-state index is 0.0108. The summed E-state index contributed by atoms with van der Waals surface area (Å²) < 4.78 is 24.9. The molecule has 128 valence electrons. The largest absolute Gasteiger partial charge is 0.353 e. The number of urea groups is 1. The van der Waals surface area contributed by atoms with Gasteiger partial charge in [0.1, 0.15) is 0 Å². The first-order valence-electron chi connectivity index (χ1n) is 7.71. The summed E-state index contributed by atoms with van der Waals surface area (Å²) >= 11 is 0. The summed E-state index contributed by atoms with van der Waals surface area (Å²) in [6.45, 7) is 0.691. The summed E-state index contributed by atoms with van der Waals surface area (Å²) in [4.78, 5) is 18.3. The highest BCUT2D eigenvalue weighted by atomic mass is 32.2. The van der Waals surface area contributed by atoms with Gasteiger partial charge in [0.2, 0.25) is 0 Å². The molecule has 1 fully saturated rings. The molecular weight excluding hydrogens is 328 g/mol. The summed E-state index contributed by atoms with van der Waals surface area (Å²) in [7, 11) is -1.37. The molecule has 1 atom stereocenters. The molecule has 2 aromatic rings. The molecule has 1 saturated heterocycles. The molecule has 0 radical (unpaired) electrons. The van der Waals surface area contributed by atoms with Gasteiger partial charge in [-0.2, -0.15) is 0 Å². The van der Waals surface area contributed by atoms with Crippen molar-refractivity contribution in [2.24, 2.45) is 7.05 Å². The van der Waals surface area contributed by atoms with Gasteiger partial charge in [0.25, 0.3) is 0 Å². The molecule has 2 aromatic heterocycles. The topological polar surface area (TPSA) is 84.3 Å². The number of pyridine rings is 1. The second-order valence-electron chi connectivity index (χ2n) is 5.98. The van der Waals surface area contributed by atoms with E-state index in [1.54, 1.807) is 11.0 Å². The average Bonchev–Trinajstić information content (AvgIpc) is 3.15. The Labute approximate surface area is 141 Å². The molecule has 0 aliphatic carbocycles. The number of hydrogen-bond acceptors (Lipinski definition) is 4. The van der Waals surface area contributed by atoms with Gasteiger partial charge in [0, 0.05) is 31.7 Å². The fourth-order valence-corrected chi connectivity index (χ4v) is 3.57. The first-order chi connectivity index (χ1) is 11.4. The summed E-state index contributed by atoms with van der Waals surface area (Å²) in [5.74, 6) is 0. The van der Waals surface area contributed by atoms with Crippen molar-refractivity contribution < 1.29 is 13.2 Å². The molecule has 0 bridgehead atoms. The molecule has 3 heterocycles. The lowest BCUT2D eigenvalue weighted by Gasteiger charge is -2.25. The van der Waals surface area contributed by atoms with Crippen molar-refractivity contribution in [2.75, 3.05) is 18.1 Å². The number of sulfone groups is 1. The van der Waals surface area contributed by atoms with E-state index in [-0.39, 0.29) is 17.1 Å². The first-order valence-corrected chi connectivity index (χ1v) is 9.60. The van der Waals surface area contributed by atoms with Crippen LogP contribution in [0.3, 0.4) is 0 Å². The maximum Gasteiger partial charge on any atom is 0.322 e. The Morgan fingerprint density at radius 1 is 1.33 bits per heavy atom. The Morgan fingerprint density at radius 3 is 2.71 bits per heavy atom. The van der Waals surface area contributed by atoms with Crippen LogP contribution in [0.5, 0.6) is 0 Å². The third-order valence-electron chi connectivity index (χ3n) is 4.21. The highest BCUT2D eigenvalue weighted by Gasteiger charge is 2.31. The predicted molar refractivity (Wildman–Crippen MR) is 90.5 cm³/mol. The zero-order valence-electron chi connectivity index (χ0n) is 13.6. The SMILES string of the molecule is Cn1cccc1C1CCCN1C(=O)Nc1ccc(S(C)(=O)=O)nc1. The van der Waals surface area contributed by atoms with E-state index < -0.39 is 9.84 Å². The smallest absolute Gasteiger partial charge is 0.322 e. The number of likely N-dealkylation sites (tertiary alicyclic amines) is 1. The van der Waals surface area contributed by atoms with E-state index in [2.05, 4.69) is 10.3 Å². The molecular formula is C16H20N4O3S. The van der Waals surface area contributed by atoms with Gasteiger partial charge in [0.05, 0.1) is 17.9 Å². The molecule has 8 heteroatoms. The third kappa shape index (κ3) is 3.28. The zero-order chi connectivity index (χ0) is 17.3. The summed E-state index contributed by atoms with van der Waals surface area (Å²) in [5, 5.41) is 2.78. The van der Waals surface area contributed by atoms with E-state index in [0.717, 1.165) is 24.8 Å². The number of carbonyl (C=O) groups is 1. The average molecular weight is 348 g/mol. The molecule has 0 saturated carbocycles. The van der Waals surface area contributed by atoms with Crippen LogP contribution in [0.4, 0.5) is 10.5 Å². The number of rotatable bonds is 3. The van der Waals surface area contributed by atoms with Crippen LogP contribution in [-0.2, 0) is 16.9 Å². The summed E-state index contributed by atoms with van der Waals surface area (Å²) in [6.07, 6.45) is 6.31. The van der Waals surface area contributed by atoms with E-state index in [0.29, 0.717) is 12.2 Å². The van der Waals surface area contributed by atoms with E-state index in [9.17, 15) is 13.2 Å². The minimum atomic E-state index is -3.34. The van der Waals surface area contributed by atoms with Crippen LogP contribution < -0.4 is 5.32 Å². The quantitative estimate of drug-likeness (QED) is 0.921. The molecule has 0 aromatic carbocycles. The third-order valence-corrected chi connectivity index (χ3v) is 5.21. The van der Waals surface area contributed by atoms with Gasteiger partial charge in [-0.15, -0.1) is 0 Å². The summed E-state index contributed by atoms with van der Waals surface area (Å²) in [5.41, 5.74) is 1.58. The fourth-order valence-electron chi connectivity index (χ4n) is 3.01. The Bertz CT molecular complexity index is 842. The van der Waals surface area contributed by atoms with Crippen LogP contribution in [-0.4, -0.2) is 41.7 Å². The number of aromatic nitrogens is 2. The molecule has 0 spiro atoms. The van der Waals surface area contributed by atoms with Crippen molar-refractivity contribution in [3.05, 3.63) is 42.4 Å². The van der Waals surface area contributed by atoms with Gasteiger partial charge in [-0.05, 0) is 37.1 Å². The van der Waals surface area contributed by atoms with Crippen LogP contribution >= 0.6 is 0 Å². The van der Waals surface area contributed by atoms with Gasteiger partial charge < -0.3 is 14.8 Å². The summed E-state index contributed by atoms with van der Waals surface area (Å²) in [6, 6.07) is 6.79. The van der Waals surface area contributed by atoms with E-state index in [1.165, 1.54) is 12.3 Å². The Balaban J connectivity index is 1.73. The van der Waals surface area contributed by atoms with Gasteiger partial charge in [0.15, 0.2) is 14.9 Å². The Hall–Kier alpha value is -2.35. The molecule has 3 rings (SSSR count). The highest BCUT2D eigenvalue weighted by Crippen LogP contribution is 2.32. The number of aryl methyl sites for hydroxylation is 1. The maximum atomic E-state index is 12.6. The molecule has 7 nitrogen and oxygen atoms in total. The van der Waals surface area contributed by atoms with Crippen LogP contribution in [0, 0.1) is 0 Å². The molecule has 2 amide bonds. The van der Waals surface area contributed by atoms with E-state index in [1.807, 2.05) is 29.9 Å². The van der Waals surface area contributed by atoms with Gasteiger partial charge in [-0.25, -0.2) is 18.2 Å². The molecule has 1 N–H and O–H groups in total. The van der Waals surface area contributed by atoms with Crippen molar-refractivity contribution in [1.29, 1.82) is 0 Å². The second-order valence-corrected chi connectivity index (χ2v) is 7.95. The van der Waals surface area contributed by atoms with Crippen molar-refractivity contribution in [3.8, 4) is 0 Å². The monoisotopic (exact) mass is 348 g/mol. The first kappa shape index (κ1) is 16.5. The number of nitrogens with zero attached hydrogens (tertiary/aromatic N) is 3. The van der Waals surface area contributed by atoms with Gasteiger partial charge in [-0.3, -0.25) is 0 Å². The number of hydrogen-bond donors (Lipinski definition) is 1. The second kappa shape index (κ2) is 6.27. The lowest BCUT2D eigenvalue weighted by atomic mass is 10.1. The number of carbonyl (C=O) groups excluding carboxylic acids is 1. The standard InChI is InChI=1S/C16H20N4O3S/c1-19-9-3-5-13(19)14-6-4-10-20(14)16(21)18-12-7-8-15(17-11-12)24(2,22)23/h3,5,7-9,11,14H,4,6,10H2,1-2H3,(H,18,21). The zero-order valence-corrected chi connectivity index (χ0v) is 14.5. The number of anilines is 1. The van der Waals surface area contributed by atoms with Crippen molar-refractivity contribution in [1.82, 2.24) is 14.5 Å². The minimum Gasteiger partial charge on any atom is -0.353 e. The van der Waals surface area contributed by atoms with Gasteiger partial charge in [-0.1, -0.05) is 0 Å². The lowest BCUT2D eigenvalue weighted by Crippen LogP contribution is -2.35. The lowest BCUT2D eigenvalue weighted by molar-refractivity contribution is 0.205. The van der Waals surface area contributed by atoms with Gasteiger partial charge >= 0.3 is 6.03 Å². The van der Waals surface area contributed by atoms with Crippen molar-refractivity contribution in [3.63, 3.8) is 0 Å². The van der Waals surface area contributed by atoms with E-state index >= 15 is 0 Å². The number of nitrogens with one attached hydrogen (secondary N) is 1. The van der Waals surface area contributed by atoms with Crippen molar-refractivity contribution >= 4 is 21.6 Å². The highest BCUT2D eigenvalue weighted by molar-refractivity contribution is 7.90. The van der Waals surface area contributed by atoms with E-state index in [4.69, 9.17) is 0 Å². The van der Waals surface area contributed by atoms with Crippen molar-refractivity contribution in [2.45, 2.75) is 23.9 Å². The molecule has 1 aliphatic rings. The maximum absolute atomic E-state index is 12.6. The van der Waals surface area contributed by atoms with Crippen LogP contribution in [0.2, 0.25) is 0 Å². The fraction of sp³-hybridized carbons (Fsp3) is 0.375. The molecule has 1 unspecified atom stereocenters. The molecule has 24 heavy (non-hydrogen) atoms. The predicted octanol–water partition coefficient (Wildman–Crippen LogP) is 2.19. The van der Waals surface area contributed by atoms with Crippen LogP contribution in [0.25, 0.3) is 0 Å². The Morgan fingerprint density at radius 2 is 2.12 bits per heavy atom. The van der Waals surface area contributed by atoms with Crippen LogP contribution in [0.1, 0.15) is 24.6 Å².